The van der Waals surface area contributed by atoms with Crippen LogP contribution in [0.1, 0.15) is 11.1 Å². The molecular weight excluding hydrogens is 446 g/mol. The van der Waals surface area contributed by atoms with Gasteiger partial charge in [-0.05, 0) is 30.3 Å². The maximum Gasteiger partial charge on any atom is 0.229 e. The molecule has 0 unspecified atom stereocenters. The average molecular weight is 482 g/mol. The number of benzene rings is 2. The van der Waals surface area contributed by atoms with Gasteiger partial charge < -0.3 is 35.5 Å². The SMILES string of the molecule is CNCCOCCOCCNc1nc(NCc2ccccc2)nc(NCc2ccc(OC)cc2)n1. The molecule has 0 spiro atoms. The summed E-state index contributed by atoms with van der Waals surface area (Å²) in [6.07, 6.45) is 0. The van der Waals surface area contributed by atoms with Crippen molar-refractivity contribution in [1.29, 1.82) is 0 Å². The molecule has 3 rings (SSSR count). The number of hydrogen-bond donors (Lipinski definition) is 4. The van der Waals surface area contributed by atoms with E-state index in [0.717, 1.165) is 23.4 Å². The zero-order valence-corrected chi connectivity index (χ0v) is 20.4. The summed E-state index contributed by atoms with van der Waals surface area (Å²) >= 11 is 0. The van der Waals surface area contributed by atoms with Gasteiger partial charge in [0.05, 0.1) is 33.5 Å². The van der Waals surface area contributed by atoms with Gasteiger partial charge in [0.15, 0.2) is 0 Å². The van der Waals surface area contributed by atoms with Crippen molar-refractivity contribution in [1.82, 2.24) is 20.3 Å². The van der Waals surface area contributed by atoms with Gasteiger partial charge in [0.2, 0.25) is 17.8 Å². The molecule has 0 fully saturated rings. The molecule has 10 heteroatoms. The zero-order chi connectivity index (χ0) is 24.6. The summed E-state index contributed by atoms with van der Waals surface area (Å²) in [5.41, 5.74) is 2.23. The van der Waals surface area contributed by atoms with E-state index >= 15 is 0 Å². The largest absolute Gasteiger partial charge is 0.497 e. The highest BCUT2D eigenvalue weighted by Gasteiger charge is 2.07. The second-order valence-corrected chi connectivity index (χ2v) is 7.60. The number of hydrogen-bond acceptors (Lipinski definition) is 10. The van der Waals surface area contributed by atoms with Crippen LogP contribution in [-0.2, 0) is 22.6 Å². The number of nitrogens with one attached hydrogen (secondary N) is 4. The van der Waals surface area contributed by atoms with Gasteiger partial charge >= 0.3 is 0 Å². The Morgan fingerprint density at radius 1 is 0.629 bits per heavy atom. The molecule has 0 saturated heterocycles. The lowest BCUT2D eigenvalue weighted by Crippen LogP contribution is -2.18. The van der Waals surface area contributed by atoms with E-state index in [-0.39, 0.29) is 0 Å². The summed E-state index contributed by atoms with van der Waals surface area (Å²) < 4.78 is 16.3. The van der Waals surface area contributed by atoms with Crippen molar-refractivity contribution in [3.8, 4) is 5.75 Å². The van der Waals surface area contributed by atoms with Crippen LogP contribution < -0.4 is 26.0 Å². The molecule has 0 aliphatic heterocycles. The molecule has 2 aromatic carbocycles. The predicted molar refractivity (Wildman–Crippen MR) is 138 cm³/mol. The Balaban J connectivity index is 1.54. The first kappa shape index (κ1) is 26.1. The Bertz CT molecular complexity index is 975. The second-order valence-electron chi connectivity index (χ2n) is 7.60. The molecule has 0 aliphatic rings. The number of nitrogens with zero attached hydrogens (tertiary/aromatic N) is 3. The molecule has 188 valence electrons. The first-order valence-corrected chi connectivity index (χ1v) is 11.7. The summed E-state index contributed by atoms with van der Waals surface area (Å²) in [5.74, 6) is 2.26. The van der Waals surface area contributed by atoms with Crippen molar-refractivity contribution in [2.45, 2.75) is 13.1 Å². The fourth-order valence-electron chi connectivity index (χ4n) is 3.05. The Hall–Kier alpha value is -3.47. The number of aromatic nitrogens is 3. The van der Waals surface area contributed by atoms with Crippen LogP contribution in [0.4, 0.5) is 17.8 Å². The highest BCUT2D eigenvalue weighted by atomic mass is 16.5. The Morgan fingerprint density at radius 2 is 1.17 bits per heavy atom. The van der Waals surface area contributed by atoms with E-state index in [9.17, 15) is 0 Å². The molecule has 35 heavy (non-hydrogen) atoms. The van der Waals surface area contributed by atoms with Crippen molar-refractivity contribution in [2.75, 3.05) is 69.6 Å². The maximum absolute atomic E-state index is 5.61. The smallest absolute Gasteiger partial charge is 0.229 e. The van der Waals surface area contributed by atoms with Gasteiger partial charge in [-0.3, -0.25) is 0 Å². The second kappa shape index (κ2) is 15.4. The number of anilines is 3. The van der Waals surface area contributed by atoms with Gasteiger partial charge in [-0.2, -0.15) is 15.0 Å². The fourth-order valence-corrected chi connectivity index (χ4v) is 3.05. The van der Waals surface area contributed by atoms with Crippen molar-refractivity contribution >= 4 is 17.8 Å². The van der Waals surface area contributed by atoms with Gasteiger partial charge in [0.25, 0.3) is 0 Å². The predicted octanol–water partition coefficient (Wildman–Crippen LogP) is 2.77. The number of methoxy groups -OCH3 is 1. The van der Waals surface area contributed by atoms with Crippen molar-refractivity contribution in [3.63, 3.8) is 0 Å². The topological polar surface area (TPSA) is 114 Å². The molecule has 0 atom stereocenters. The maximum atomic E-state index is 5.61. The molecule has 0 aliphatic carbocycles. The third-order valence-electron chi connectivity index (χ3n) is 4.94. The summed E-state index contributed by atoms with van der Waals surface area (Å²) in [4.78, 5) is 13.5. The van der Waals surface area contributed by atoms with E-state index in [1.54, 1.807) is 7.11 Å². The van der Waals surface area contributed by atoms with E-state index < -0.39 is 0 Å². The van der Waals surface area contributed by atoms with Crippen LogP contribution in [0.25, 0.3) is 0 Å². The first-order chi connectivity index (χ1) is 17.3. The standard InChI is InChI=1S/C25H35N7O3/c1-26-12-14-34-16-17-35-15-13-27-23-30-24(28-18-20-6-4-3-5-7-20)32-25(31-23)29-19-21-8-10-22(33-2)11-9-21/h3-11,26H,12-19H2,1-2H3,(H3,27,28,29,30,31,32). The van der Waals surface area contributed by atoms with Crippen LogP contribution in [0.2, 0.25) is 0 Å². The lowest BCUT2D eigenvalue weighted by molar-refractivity contribution is 0.0531. The van der Waals surface area contributed by atoms with Crippen LogP contribution in [-0.4, -0.2) is 68.6 Å². The highest BCUT2D eigenvalue weighted by Crippen LogP contribution is 2.14. The van der Waals surface area contributed by atoms with Gasteiger partial charge in [0, 0.05) is 26.2 Å². The Morgan fingerprint density at radius 3 is 1.74 bits per heavy atom. The molecule has 10 nitrogen and oxygen atoms in total. The van der Waals surface area contributed by atoms with E-state index in [0.29, 0.717) is 63.9 Å². The lowest BCUT2D eigenvalue weighted by atomic mass is 10.2. The van der Waals surface area contributed by atoms with E-state index in [2.05, 4.69) is 48.4 Å². The van der Waals surface area contributed by atoms with Gasteiger partial charge in [-0.25, -0.2) is 0 Å². The molecule has 0 amide bonds. The molecule has 0 radical (unpaired) electrons. The monoisotopic (exact) mass is 481 g/mol. The van der Waals surface area contributed by atoms with Crippen LogP contribution in [0, 0.1) is 0 Å². The summed E-state index contributed by atoms with van der Waals surface area (Å²) in [5, 5.41) is 12.8. The highest BCUT2D eigenvalue weighted by molar-refractivity contribution is 5.43. The summed E-state index contributed by atoms with van der Waals surface area (Å²) in [7, 11) is 3.55. The van der Waals surface area contributed by atoms with Crippen molar-refractivity contribution < 1.29 is 14.2 Å². The first-order valence-electron chi connectivity index (χ1n) is 11.7. The van der Waals surface area contributed by atoms with E-state index in [4.69, 9.17) is 14.2 Å². The summed E-state index contributed by atoms with van der Waals surface area (Å²) in [6, 6.07) is 18.0. The molecule has 0 saturated carbocycles. The molecule has 4 N–H and O–H groups in total. The summed E-state index contributed by atoms with van der Waals surface area (Å²) in [6.45, 7) is 4.88. The minimum atomic E-state index is 0.474. The molecular formula is C25H35N7O3. The lowest BCUT2D eigenvalue weighted by Gasteiger charge is -2.12. The average Bonchev–Trinajstić information content (AvgIpc) is 2.90. The van der Waals surface area contributed by atoms with Crippen molar-refractivity contribution in [3.05, 3.63) is 65.7 Å². The molecule has 1 aromatic heterocycles. The number of rotatable bonds is 17. The Labute approximate surface area is 206 Å². The van der Waals surface area contributed by atoms with Crippen molar-refractivity contribution in [2.24, 2.45) is 0 Å². The third-order valence-corrected chi connectivity index (χ3v) is 4.94. The van der Waals surface area contributed by atoms with Crippen LogP contribution in [0.3, 0.4) is 0 Å². The van der Waals surface area contributed by atoms with E-state index in [1.807, 2.05) is 49.5 Å². The molecule has 3 aromatic rings. The van der Waals surface area contributed by atoms with Crippen LogP contribution in [0.15, 0.2) is 54.6 Å². The fraction of sp³-hybridized carbons (Fsp3) is 0.400. The van der Waals surface area contributed by atoms with Gasteiger partial charge in [0.1, 0.15) is 5.75 Å². The third kappa shape index (κ3) is 10.1. The molecule has 0 bridgehead atoms. The number of ether oxygens (including phenoxy) is 3. The Kier molecular flexibility index (Phi) is 11.5. The van der Waals surface area contributed by atoms with Crippen LogP contribution in [0.5, 0.6) is 5.75 Å². The van der Waals surface area contributed by atoms with Crippen LogP contribution >= 0.6 is 0 Å². The van der Waals surface area contributed by atoms with Gasteiger partial charge in [-0.15, -0.1) is 0 Å². The van der Waals surface area contributed by atoms with Gasteiger partial charge in [-0.1, -0.05) is 42.5 Å². The minimum absolute atomic E-state index is 0.474. The molecule has 1 heterocycles. The minimum Gasteiger partial charge on any atom is -0.497 e. The zero-order valence-electron chi connectivity index (χ0n) is 20.4. The quantitative estimate of drug-likeness (QED) is 0.215. The normalized spacial score (nSPS) is 10.7. The van der Waals surface area contributed by atoms with E-state index in [1.165, 1.54) is 0 Å². The number of likely N-dealkylation sites (N-methyl/N-ethyl adjacent to an activating group) is 1.